The van der Waals surface area contributed by atoms with Crippen LogP contribution in [0, 0.1) is 10.1 Å². The molecule has 0 spiro atoms. The molecule has 1 fully saturated rings. The molecule has 0 unspecified atom stereocenters. The number of benzene rings is 3. The quantitative estimate of drug-likeness (QED) is 0.172. The summed E-state index contributed by atoms with van der Waals surface area (Å²) in [6, 6.07) is 16.0. The van der Waals surface area contributed by atoms with Gasteiger partial charge in [-0.25, -0.2) is 4.99 Å². The van der Waals surface area contributed by atoms with Gasteiger partial charge >= 0.3 is 10.1 Å². The van der Waals surface area contributed by atoms with Crippen molar-refractivity contribution in [1.82, 2.24) is 5.32 Å². The van der Waals surface area contributed by atoms with E-state index < -0.39 is 15.0 Å². The van der Waals surface area contributed by atoms with Gasteiger partial charge in [-0.15, -0.1) is 0 Å². The molecule has 13 heteroatoms. The Kier molecular flexibility index (Phi) is 7.98. The first-order valence-electron chi connectivity index (χ1n) is 11.1. The number of carbonyl (C=O) groups excluding carboxylic acids is 1. The van der Waals surface area contributed by atoms with E-state index in [-0.39, 0.29) is 34.6 Å². The van der Waals surface area contributed by atoms with Gasteiger partial charge in [-0.05, 0) is 72.8 Å². The third-order valence-electron chi connectivity index (χ3n) is 5.04. The maximum absolute atomic E-state index is 12.8. The Bertz CT molecular complexity index is 1550. The molecule has 11 nitrogen and oxygen atoms in total. The summed E-state index contributed by atoms with van der Waals surface area (Å²) in [5.41, 5.74) is 0.806. The molecule has 0 atom stereocenters. The minimum Gasteiger partial charge on any atom is -0.497 e. The Morgan fingerprint density at radius 3 is 2.53 bits per heavy atom. The Morgan fingerprint density at radius 2 is 1.84 bits per heavy atom. The molecule has 0 aromatic heterocycles. The molecule has 38 heavy (non-hydrogen) atoms. The second-order valence-electron chi connectivity index (χ2n) is 7.61. The predicted molar refractivity (Wildman–Crippen MR) is 142 cm³/mol. The van der Waals surface area contributed by atoms with Crippen LogP contribution in [0.3, 0.4) is 0 Å². The van der Waals surface area contributed by atoms with Gasteiger partial charge in [-0.1, -0.05) is 12.1 Å². The second-order valence-corrected chi connectivity index (χ2v) is 10.2. The molecule has 1 N–H and O–H groups in total. The van der Waals surface area contributed by atoms with Gasteiger partial charge in [0.2, 0.25) is 0 Å². The number of thioether (sulfide) groups is 1. The van der Waals surface area contributed by atoms with Crippen molar-refractivity contribution in [3.63, 3.8) is 0 Å². The number of nitro benzene ring substituents is 1. The lowest BCUT2D eigenvalue weighted by Gasteiger charge is -2.12. The third-order valence-corrected chi connectivity index (χ3v) is 7.18. The van der Waals surface area contributed by atoms with Gasteiger partial charge in [0.25, 0.3) is 11.6 Å². The fraction of sp³-hybridized carbons (Fsp3) is 0.120. The van der Waals surface area contributed by atoms with Gasteiger partial charge in [0, 0.05) is 12.1 Å². The lowest BCUT2D eigenvalue weighted by Crippen LogP contribution is -2.19. The van der Waals surface area contributed by atoms with E-state index in [1.807, 2.05) is 0 Å². The van der Waals surface area contributed by atoms with Crippen molar-refractivity contribution >= 4 is 50.4 Å². The van der Waals surface area contributed by atoms with Crippen LogP contribution in [0.1, 0.15) is 12.5 Å². The first-order chi connectivity index (χ1) is 18.2. The largest absolute Gasteiger partial charge is 0.497 e. The number of non-ortho nitro benzene ring substituents is 1. The molecule has 0 aliphatic carbocycles. The van der Waals surface area contributed by atoms with Crippen molar-refractivity contribution in [1.29, 1.82) is 0 Å². The van der Waals surface area contributed by atoms with Crippen LogP contribution in [0.25, 0.3) is 6.08 Å². The Balaban J connectivity index is 1.56. The average Bonchev–Trinajstić information content (AvgIpc) is 3.24. The molecule has 196 valence electrons. The van der Waals surface area contributed by atoms with Crippen LogP contribution < -0.4 is 19.0 Å². The number of amidine groups is 1. The van der Waals surface area contributed by atoms with Crippen LogP contribution in [-0.4, -0.2) is 38.1 Å². The third kappa shape index (κ3) is 6.30. The highest BCUT2D eigenvalue weighted by Gasteiger charge is 2.25. The van der Waals surface area contributed by atoms with Crippen molar-refractivity contribution in [2.24, 2.45) is 4.99 Å². The van der Waals surface area contributed by atoms with Crippen LogP contribution in [0.4, 0.5) is 11.4 Å². The SMILES string of the molecule is CCOc1cc(/C=C2\SC(=Nc3ccc(OC)cc3)NC2=O)ccc1OS(=O)(=O)c1cccc([N+](=O)[O-])c1. The lowest BCUT2D eigenvalue weighted by molar-refractivity contribution is -0.385. The van der Waals surface area contributed by atoms with Gasteiger partial charge in [0.05, 0.1) is 29.2 Å². The number of nitrogens with zero attached hydrogens (tertiary/aromatic N) is 2. The van der Waals surface area contributed by atoms with Crippen molar-refractivity contribution in [2.45, 2.75) is 11.8 Å². The van der Waals surface area contributed by atoms with Crippen LogP contribution in [0.5, 0.6) is 17.2 Å². The second kappa shape index (κ2) is 11.4. The maximum atomic E-state index is 12.8. The normalized spacial score (nSPS) is 15.4. The number of rotatable bonds is 9. The number of aliphatic imine (C=N–C) groups is 1. The van der Waals surface area contributed by atoms with Crippen LogP contribution >= 0.6 is 11.8 Å². The van der Waals surface area contributed by atoms with E-state index in [2.05, 4.69) is 10.3 Å². The van der Waals surface area contributed by atoms with Crippen molar-refractivity contribution in [3.8, 4) is 17.2 Å². The molecular weight excluding hydrogens is 534 g/mol. The van der Waals surface area contributed by atoms with Crippen LogP contribution in [0.15, 0.2) is 81.5 Å². The Hall–Kier alpha value is -4.36. The summed E-state index contributed by atoms with van der Waals surface area (Å²) in [4.78, 5) is 27.2. The molecule has 3 aromatic rings. The van der Waals surface area contributed by atoms with Crippen LogP contribution in [0.2, 0.25) is 0 Å². The number of hydrogen-bond acceptors (Lipinski definition) is 10. The first-order valence-corrected chi connectivity index (χ1v) is 13.3. The predicted octanol–water partition coefficient (Wildman–Crippen LogP) is 4.66. The van der Waals surface area contributed by atoms with E-state index in [0.29, 0.717) is 27.1 Å². The molecule has 4 rings (SSSR count). The Morgan fingerprint density at radius 1 is 1.08 bits per heavy atom. The molecule has 0 radical (unpaired) electrons. The fourth-order valence-electron chi connectivity index (χ4n) is 3.28. The summed E-state index contributed by atoms with van der Waals surface area (Å²) < 4.78 is 41.5. The van der Waals surface area contributed by atoms with Crippen molar-refractivity contribution < 1.29 is 31.8 Å². The van der Waals surface area contributed by atoms with E-state index in [0.717, 1.165) is 17.8 Å². The van der Waals surface area contributed by atoms with Crippen molar-refractivity contribution in [2.75, 3.05) is 13.7 Å². The summed E-state index contributed by atoms with van der Waals surface area (Å²) >= 11 is 1.15. The Labute approximate surface area is 222 Å². The summed E-state index contributed by atoms with van der Waals surface area (Å²) in [5, 5.41) is 14.1. The van der Waals surface area contributed by atoms with E-state index in [9.17, 15) is 23.3 Å². The minimum atomic E-state index is -4.39. The van der Waals surface area contributed by atoms with E-state index in [4.69, 9.17) is 13.7 Å². The first kappa shape index (κ1) is 26.7. The van der Waals surface area contributed by atoms with Gasteiger partial charge < -0.3 is 19.0 Å². The van der Waals surface area contributed by atoms with Gasteiger partial charge in [0.15, 0.2) is 16.7 Å². The zero-order valence-electron chi connectivity index (χ0n) is 20.1. The summed E-state index contributed by atoms with van der Waals surface area (Å²) in [5.74, 6) is 0.360. The molecule has 0 bridgehead atoms. The van der Waals surface area contributed by atoms with E-state index in [1.165, 1.54) is 30.3 Å². The summed E-state index contributed by atoms with van der Waals surface area (Å²) in [6.45, 7) is 1.92. The number of methoxy groups -OCH3 is 1. The standard InChI is InChI=1S/C25H21N3O8S2/c1-3-35-22-13-16(7-12-21(22)36-38(32,33)20-6-4-5-18(15-20)28(30)31)14-23-24(29)27-25(37-23)26-17-8-10-19(34-2)11-9-17/h4-15H,3H2,1-2H3,(H,26,27,29)/b23-14-. The van der Waals surface area contributed by atoms with E-state index >= 15 is 0 Å². The maximum Gasteiger partial charge on any atom is 0.339 e. The number of ether oxygens (including phenoxy) is 2. The lowest BCUT2D eigenvalue weighted by atomic mass is 10.2. The topological polar surface area (TPSA) is 146 Å². The zero-order valence-corrected chi connectivity index (χ0v) is 21.7. The van der Waals surface area contributed by atoms with Crippen molar-refractivity contribution in [3.05, 3.63) is 87.3 Å². The van der Waals surface area contributed by atoms with E-state index in [1.54, 1.807) is 50.4 Å². The smallest absolute Gasteiger partial charge is 0.339 e. The number of nitro groups is 1. The molecule has 0 saturated carbocycles. The highest BCUT2D eigenvalue weighted by atomic mass is 32.2. The number of carbonyl (C=O) groups is 1. The highest BCUT2D eigenvalue weighted by Crippen LogP contribution is 2.34. The molecular formula is C25H21N3O8S2. The van der Waals surface area contributed by atoms with Gasteiger partial charge in [0.1, 0.15) is 10.6 Å². The minimum absolute atomic E-state index is 0.106. The monoisotopic (exact) mass is 555 g/mol. The fourth-order valence-corrected chi connectivity index (χ4v) is 5.10. The average molecular weight is 556 g/mol. The molecule has 3 aromatic carbocycles. The molecule has 1 aliphatic heterocycles. The molecule has 1 aliphatic rings. The van der Waals surface area contributed by atoms with Gasteiger partial charge in [-0.2, -0.15) is 8.42 Å². The number of hydrogen-bond donors (Lipinski definition) is 1. The molecule has 1 saturated heterocycles. The van der Waals surface area contributed by atoms with Gasteiger partial charge in [-0.3, -0.25) is 14.9 Å². The number of amides is 1. The zero-order chi connectivity index (χ0) is 27.3. The molecule has 1 amide bonds. The summed E-state index contributed by atoms with van der Waals surface area (Å²) in [6.07, 6.45) is 1.61. The molecule has 1 heterocycles. The number of nitrogens with one attached hydrogen (secondary N) is 1. The summed E-state index contributed by atoms with van der Waals surface area (Å²) in [7, 11) is -2.82. The van der Waals surface area contributed by atoms with Crippen LogP contribution in [-0.2, 0) is 14.9 Å². The highest BCUT2D eigenvalue weighted by molar-refractivity contribution is 8.18.